The fourth-order valence-corrected chi connectivity index (χ4v) is 4.38. The van der Waals surface area contributed by atoms with Crippen molar-refractivity contribution in [2.45, 2.75) is 78.1 Å². The smallest absolute Gasteiger partial charge is 0.129 e. The van der Waals surface area contributed by atoms with Gasteiger partial charge in [0.15, 0.2) is 0 Å². The third-order valence-electron chi connectivity index (χ3n) is 5.92. The van der Waals surface area contributed by atoms with Crippen molar-refractivity contribution < 1.29 is 0 Å². The molecule has 0 spiro atoms. The molecule has 152 valence electrons. The molecular weight excluding hydrogens is 346 g/mol. The number of hydrogen-bond donors (Lipinski definition) is 2. The summed E-state index contributed by atoms with van der Waals surface area (Å²) in [5.41, 5.74) is 3.55. The van der Waals surface area contributed by atoms with Crippen LogP contribution in [0.2, 0.25) is 0 Å². The summed E-state index contributed by atoms with van der Waals surface area (Å²) in [5, 5.41) is 2.55. The van der Waals surface area contributed by atoms with E-state index >= 15 is 0 Å². The zero-order valence-electron chi connectivity index (χ0n) is 18.1. The first-order valence-corrected chi connectivity index (χ1v) is 10.4. The quantitative estimate of drug-likeness (QED) is 0.552. The molecule has 0 fully saturated rings. The maximum atomic E-state index is 6.58. The van der Waals surface area contributed by atoms with Crippen LogP contribution in [0.15, 0.2) is 30.5 Å². The van der Waals surface area contributed by atoms with E-state index in [9.17, 15) is 0 Å². The molecule has 4 N–H and O–H groups in total. The topological polar surface area (TPSA) is 74.8 Å². The maximum absolute atomic E-state index is 6.58. The number of rotatable bonds is 7. The van der Waals surface area contributed by atoms with E-state index in [1.54, 1.807) is 4.68 Å². The van der Waals surface area contributed by atoms with Crippen molar-refractivity contribution in [1.29, 1.82) is 0 Å². The van der Waals surface area contributed by atoms with Gasteiger partial charge in [-0.1, -0.05) is 65.8 Å². The molecule has 3 aromatic rings. The van der Waals surface area contributed by atoms with Crippen LogP contribution < -0.4 is 11.7 Å². The molecule has 0 aliphatic heterocycles. The third-order valence-corrected chi connectivity index (χ3v) is 5.92. The second kappa shape index (κ2) is 7.90. The highest BCUT2D eigenvalue weighted by Gasteiger charge is 2.23. The van der Waals surface area contributed by atoms with Crippen molar-refractivity contribution in [3.05, 3.63) is 53.4 Å². The Morgan fingerprint density at radius 2 is 1.36 bits per heavy atom. The Morgan fingerprint density at radius 1 is 0.786 bits per heavy atom. The zero-order valence-corrected chi connectivity index (χ0v) is 18.1. The molecule has 0 radical (unpaired) electrons. The van der Waals surface area contributed by atoms with Gasteiger partial charge in [-0.05, 0) is 30.6 Å². The minimum atomic E-state index is 0.325. The Balaban J connectivity index is 1.82. The summed E-state index contributed by atoms with van der Waals surface area (Å²) in [4.78, 5) is 4.51. The van der Waals surface area contributed by atoms with E-state index in [0.717, 1.165) is 24.4 Å². The van der Waals surface area contributed by atoms with E-state index in [1.165, 1.54) is 22.2 Å². The predicted molar refractivity (Wildman–Crippen MR) is 119 cm³/mol. The monoisotopic (exact) mass is 381 g/mol. The number of nitrogen functional groups attached to an aromatic ring is 2. The van der Waals surface area contributed by atoms with E-state index < -0.39 is 0 Å². The molecule has 2 atom stereocenters. The second-order valence-corrected chi connectivity index (χ2v) is 8.79. The van der Waals surface area contributed by atoms with Crippen molar-refractivity contribution in [3.8, 4) is 0 Å². The molecule has 0 aliphatic carbocycles. The SMILES string of the molecule is CC(C)c1ncc(C(C)CCC(C)c2c3ccccc3c(C(C)C)n2N)n1N. The Labute approximate surface area is 168 Å². The van der Waals surface area contributed by atoms with Crippen LogP contribution in [0, 0.1) is 0 Å². The highest BCUT2D eigenvalue weighted by atomic mass is 15.3. The van der Waals surface area contributed by atoms with Gasteiger partial charge in [0.1, 0.15) is 5.82 Å². The number of aromatic nitrogens is 3. The molecule has 2 heterocycles. The van der Waals surface area contributed by atoms with Gasteiger partial charge in [-0.2, -0.15) is 0 Å². The highest BCUT2D eigenvalue weighted by Crippen LogP contribution is 2.36. The molecule has 1 aromatic carbocycles. The summed E-state index contributed by atoms with van der Waals surface area (Å²) in [6.07, 6.45) is 4.02. The average Bonchev–Trinajstić information content (AvgIpc) is 3.16. The summed E-state index contributed by atoms with van der Waals surface area (Å²) in [7, 11) is 0. The molecule has 0 saturated carbocycles. The summed E-state index contributed by atoms with van der Waals surface area (Å²) < 4.78 is 3.71. The van der Waals surface area contributed by atoms with Crippen LogP contribution in [-0.2, 0) is 0 Å². The van der Waals surface area contributed by atoms with E-state index in [0.29, 0.717) is 23.7 Å². The lowest BCUT2D eigenvalue weighted by molar-refractivity contribution is 0.539. The Kier molecular flexibility index (Phi) is 5.73. The molecule has 28 heavy (non-hydrogen) atoms. The van der Waals surface area contributed by atoms with Gasteiger partial charge < -0.3 is 11.7 Å². The largest absolute Gasteiger partial charge is 0.339 e. The van der Waals surface area contributed by atoms with Gasteiger partial charge in [0.05, 0.1) is 17.6 Å². The molecule has 0 bridgehead atoms. The van der Waals surface area contributed by atoms with Gasteiger partial charge in [0, 0.05) is 22.4 Å². The van der Waals surface area contributed by atoms with Crippen LogP contribution in [-0.4, -0.2) is 14.3 Å². The van der Waals surface area contributed by atoms with Gasteiger partial charge in [-0.3, -0.25) is 9.35 Å². The summed E-state index contributed by atoms with van der Waals surface area (Å²) in [5.74, 6) is 15.2. The van der Waals surface area contributed by atoms with Gasteiger partial charge in [0.25, 0.3) is 0 Å². The van der Waals surface area contributed by atoms with E-state index in [-0.39, 0.29) is 0 Å². The lowest BCUT2D eigenvalue weighted by Crippen LogP contribution is -2.19. The molecule has 5 heteroatoms. The molecule has 2 unspecified atom stereocenters. The minimum Gasteiger partial charge on any atom is -0.339 e. The van der Waals surface area contributed by atoms with Crippen LogP contribution >= 0.6 is 0 Å². The second-order valence-electron chi connectivity index (χ2n) is 8.79. The van der Waals surface area contributed by atoms with Crippen molar-refractivity contribution in [2.24, 2.45) is 0 Å². The molecule has 5 nitrogen and oxygen atoms in total. The summed E-state index contributed by atoms with van der Waals surface area (Å²) in [6, 6.07) is 8.59. The molecule has 0 amide bonds. The van der Waals surface area contributed by atoms with Crippen molar-refractivity contribution >= 4 is 10.8 Å². The van der Waals surface area contributed by atoms with Gasteiger partial charge in [-0.15, -0.1) is 0 Å². The lowest BCUT2D eigenvalue weighted by atomic mass is 9.92. The Hall–Kier alpha value is -2.43. The number of imidazole rings is 1. The standard InChI is InChI=1S/C23H35N5/c1-14(2)21-18-9-7-8-10-19(18)22(28(21)25)17(6)12-11-16(5)20-13-26-23(15(3)4)27(20)24/h7-10,13-17H,11-12,24-25H2,1-6H3. The fourth-order valence-electron chi connectivity index (χ4n) is 4.38. The molecule has 0 aliphatic rings. The van der Waals surface area contributed by atoms with Gasteiger partial charge >= 0.3 is 0 Å². The molecule has 2 aromatic heterocycles. The zero-order chi connectivity index (χ0) is 20.6. The third kappa shape index (κ3) is 3.50. The normalized spacial score (nSPS) is 14.3. The van der Waals surface area contributed by atoms with Gasteiger partial charge in [-0.25, -0.2) is 4.98 Å². The fraction of sp³-hybridized carbons (Fsp3) is 0.522. The van der Waals surface area contributed by atoms with Gasteiger partial charge in [0.2, 0.25) is 0 Å². The lowest BCUT2D eigenvalue weighted by Gasteiger charge is -2.19. The number of benzene rings is 1. The van der Waals surface area contributed by atoms with E-state index in [2.05, 4.69) is 70.8 Å². The van der Waals surface area contributed by atoms with Crippen LogP contribution in [0.25, 0.3) is 10.8 Å². The van der Waals surface area contributed by atoms with Crippen LogP contribution in [0.5, 0.6) is 0 Å². The molecule has 3 rings (SSSR count). The van der Waals surface area contributed by atoms with Crippen LogP contribution in [0.3, 0.4) is 0 Å². The average molecular weight is 382 g/mol. The minimum absolute atomic E-state index is 0.325. The number of nitrogens with two attached hydrogens (primary N) is 2. The summed E-state index contributed by atoms with van der Waals surface area (Å²) >= 11 is 0. The van der Waals surface area contributed by atoms with E-state index in [1.807, 2.05) is 10.9 Å². The van der Waals surface area contributed by atoms with Crippen molar-refractivity contribution in [1.82, 2.24) is 14.3 Å². The molecule has 0 saturated heterocycles. The number of nitrogens with zero attached hydrogens (tertiary/aromatic N) is 3. The maximum Gasteiger partial charge on any atom is 0.129 e. The highest BCUT2D eigenvalue weighted by molar-refractivity contribution is 5.89. The van der Waals surface area contributed by atoms with Crippen molar-refractivity contribution in [2.75, 3.05) is 11.7 Å². The van der Waals surface area contributed by atoms with Crippen LogP contribution in [0.1, 0.15) is 101 Å². The van der Waals surface area contributed by atoms with Crippen LogP contribution in [0.4, 0.5) is 0 Å². The number of hydrogen-bond acceptors (Lipinski definition) is 3. The Bertz CT molecular complexity index is 947. The van der Waals surface area contributed by atoms with E-state index in [4.69, 9.17) is 11.7 Å². The summed E-state index contributed by atoms with van der Waals surface area (Å²) in [6.45, 7) is 13.2. The first-order valence-electron chi connectivity index (χ1n) is 10.4. The predicted octanol–water partition coefficient (Wildman–Crippen LogP) is 5.20. The first-order chi connectivity index (χ1) is 13.2. The Morgan fingerprint density at radius 3 is 1.89 bits per heavy atom. The molecular formula is C23H35N5. The number of fused-ring (bicyclic) bond motifs is 1. The van der Waals surface area contributed by atoms with Crippen molar-refractivity contribution in [3.63, 3.8) is 0 Å². The first kappa shape index (κ1) is 20.3.